The highest BCUT2D eigenvalue weighted by atomic mass is 32.2. The fourth-order valence-electron chi connectivity index (χ4n) is 2.05. The van der Waals surface area contributed by atoms with Crippen molar-refractivity contribution in [3.8, 4) is 0 Å². The van der Waals surface area contributed by atoms with Crippen molar-refractivity contribution < 1.29 is 4.79 Å². The van der Waals surface area contributed by atoms with Gasteiger partial charge in [0.15, 0.2) is 0 Å². The van der Waals surface area contributed by atoms with Gasteiger partial charge in [0.1, 0.15) is 0 Å². The molecular weight excluding hydrogens is 196 g/mol. The van der Waals surface area contributed by atoms with Crippen molar-refractivity contribution in [1.82, 2.24) is 10.6 Å². The fraction of sp³-hybridized carbons (Fsp3) is 0.900. The number of rotatable bonds is 2. The van der Waals surface area contributed by atoms with Gasteiger partial charge in [-0.25, -0.2) is 0 Å². The topological polar surface area (TPSA) is 41.1 Å². The lowest BCUT2D eigenvalue weighted by Gasteiger charge is -2.19. The molecule has 2 atom stereocenters. The van der Waals surface area contributed by atoms with Crippen molar-refractivity contribution >= 4 is 17.7 Å². The number of hydrogen-bond donors (Lipinski definition) is 2. The number of thioether (sulfide) groups is 1. The predicted octanol–water partition coefficient (Wildman–Crippen LogP) is 0.750. The normalized spacial score (nSPS) is 33.9. The van der Waals surface area contributed by atoms with Gasteiger partial charge in [-0.1, -0.05) is 0 Å². The Morgan fingerprint density at radius 3 is 3.07 bits per heavy atom. The third-order valence-electron chi connectivity index (χ3n) is 2.90. The summed E-state index contributed by atoms with van der Waals surface area (Å²) in [4.78, 5) is 11.6. The van der Waals surface area contributed by atoms with Crippen LogP contribution in [0, 0.1) is 0 Å². The van der Waals surface area contributed by atoms with E-state index in [0.29, 0.717) is 6.04 Å². The van der Waals surface area contributed by atoms with Crippen molar-refractivity contribution in [3.63, 3.8) is 0 Å². The molecule has 0 unspecified atom stereocenters. The number of amides is 1. The first-order chi connectivity index (χ1) is 6.86. The van der Waals surface area contributed by atoms with Gasteiger partial charge in [0.2, 0.25) is 5.91 Å². The Labute approximate surface area is 89.4 Å². The van der Waals surface area contributed by atoms with E-state index in [0.717, 1.165) is 25.8 Å². The van der Waals surface area contributed by atoms with Crippen LogP contribution in [0.15, 0.2) is 0 Å². The van der Waals surface area contributed by atoms with Gasteiger partial charge in [0.25, 0.3) is 0 Å². The molecule has 2 heterocycles. The Bertz CT molecular complexity index is 204. The van der Waals surface area contributed by atoms with Crippen molar-refractivity contribution in [2.75, 3.05) is 18.1 Å². The maximum absolute atomic E-state index is 11.6. The highest BCUT2D eigenvalue weighted by Gasteiger charge is 2.25. The Morgan fingerprint density at radius 2 is 2.29 bits per heavy atom. The molecule has 2 N–H and O–H groups in total. The zero-order chi connectivity index (χ0) is 9.80. The minimum Gasteiger partial charge on any atom is -0.355 e. The summed E-state index contributed by atoms with van der Waals surface area (Å²) in [5, 5.41) is 6.43. The van der Waals surface area contributed by atoms with Crippen LogP contribution in [0.4, 0.5) is 0 Å². The summed E-state index contributed by atoms with van der Waals surface area (Å²) in [7, 11) is 0. The first kappa shape index (κ1) is 10.3. The second kappa shape index (κ2) is 5.03. The van der Waals surface area contributed by atoms with Crippen LogP contribution >= 0.6 is 11.8 Å². The Hall–Kier alpha value is -0.220. The maximum Gasteiger partial charge on any atom is 0.237 e. The Kier molecular flexibility index (Phi) is 3.70. The largest absolute Gasteiger partial charge is 0.355 e. The van der Waals surface area contributed by atoms with Crippen LogP contribution in [0.25, 0.3) is 0 Å². The Balaban J connectivity index is 1.84. The molecule has 0 aromatic rings. The quantitative estimate of drug-likeness (QED) is 0.713. The molecule has 0 spiro atoms. The minimum absolute atomic E-state index is 0.0706. The number of carbonyl (C=O) groups is 1. The molecule has 2 fully saturated rings. The molecule has 0 aromatic carbocycles. The van der Waals surface area contributed by atoms with E-state index in [9.17, 15) is 4.79 Å². The molecule has 0 radical (unpaired) electrons. The van der Waals surface area contributed by atoms with Crippen LogP contribution in [0.2, 0.25) is 0 Å². The first-order valence-electron chi connectivity index (χ1n) is 5.48. The van der Waals surface area contributed by atoms with Gasteiger partial charge in [0, 0.05) is 18.3 Å². The van der Waals surface area contributed by atoms with Crippen LogP contribution in [-0.2, 0) is 4.79 Å². The third kappa shape index (κ3) is 2.64. The van der Waals surface area contributed by atoms with Gasteiger partial charge in [-0.15, -0.1) is 0 Å². The molecule has 2 aliphatic rings. The molecule has 0 bridgehead atoms. The summed E-state index contributed by atoms with van der Waals surface area (Å²) in [6, 6.07) is 0.634. The number of hydrogen-bond acceptors (Lipinski definition) is 3. The summed E-state index contributed by atoms with van der Waals surface area (Å²) in [5.74, 6) is 2.62. The van der Waals surface area contributed by atoms with E-state index in [-0.39, 0.29) is 11.9 Å². The molecule has 2 rings (SSSR count). The van der Waals surface area contributed by atoms with Crippen molar-refractivity contribution in [2.45, 2.75) is 37.8 Å². The third-order valence-corrected chi connectivity index (χ3v) is 4.06. The van der Waals surface area contributed by atoms with Crippen molar-refractivity contribution in [2.24, 2.45) is 0 Å². The molecule has 1 amide bonds. The van der Waals surface area contributed by atoms with E-state index in [1.54, 1.807) is 0 Å². The second-order valence-corrected chi connectivity index (χ2v) is 5.22. The van der Waals surface area contributed by atoms with Crippen molar-refractivity contribution in [1.29, 1.82) is 0 Å². The van der Waals surface area contributed by atoms with Gasteiger partial charge >= 0.3 is 0 Å². The van der Waals surface area contributed by atoms with Crippen LogP contribution in [0.1, 0.15) is 25.7 Å². The summed E-state index contributed by atoms with van der Waals surface area (Å²) in [5.41, 5.74) is 0. The summed E-state index contributed by atoms with van der Waals surface area (Å²) in [6.07, 6.45) is 4.51. The van der Waals surface area contributed by atoms with Crippen molar-refractivity contribution in [3.05, 3.63) is 0 Å². The van der Waals surface area contributed by atoms with Gasteiger partial charge < -0.3 is 10.6 Å². The average Bonchev–Trinajstić information content (AvgIpc) is 2.60. The molecule has 0 saturated carbocycles. The molecule has 14 heavy (non-hydrogen) atoms. The number of carbonyl (C=O) groups excluding carboxylic acids is 1. The lowest BCUT2D eigenvalue weighted by molar-refractivity contribution is -0.123. The predicted molar refractivity (Wildman–Crippen MR) is 59.5 cm³/mol. The van der Waals surface area contributed by atoms with Gasteiger partial charge in [0.05, 0.1) is 6.04 Å². The summed E-state index contributed by atoms with van der Waals surface area (Å²) >= 11 is 1.98. The maximum atomic E-state index is 11.6. The van der Waals surface area contributed by atoms with E-state index < -0.39 is 0 Å². The van der Waals surface area contributed by atoms with Gasteiger partial charge in [-0.3, -0.25) is 4.79 Å². The van der Waals surface area contributed by atoms with E-state index in [1.165, 1.54) is 17.9 Å². The highest BCUT2D eigenvalue weighted by Crippen LogP contribution is 2.18. The molecule has 2 saturated heterocycles. The molecule has 4 heteroatoms. The van der Waals surface area contributed by atoms with E-state index in [1.807, 2.05) is 11.8 Å². The molecule has 2 aliphatic heterocycles. The molecular formula is C10H18N2OS. The zero-order valence-corrected chi connectivity index (χ0v) is 9.24. The molecule has 0 aliphatic carbocycles. The van der Waals surface area contributed by atoms with E-state index >= 15 is 0 Å². The standard InChI is InChI=1S/C10H18N2OS/c13-10-9(3-1-2-5-11-10)12-8-4-6-14-7-8/h8-9,12H,1-7H2,(H,11,13)/t8-,9-/m1/s1. The monoisotopic (exact) mass is 214 g/mol. The number of nitrogens with one attached hydrogen (secondary N) is 2. The fourth-order valence-corrected chi connectivity index (χ4v) is 3.21. The smallest absolute Gasteiger partial charge is 0.237 e. The van der Waals surface area contributed by atoms with Gasteiger partial charge in [-0.05, 0) is 31.4 Å². The average molecular weight is 214 g/mol. The lowest BCUT2D eigenvalue weighted by atomic mass is 10.1. The van der Waals surface area contributed by atoms with Crippen LogP contribution in [-0.4, -0.2) is 36.0 Å². The lowest BCUT2D eigenvalue weighted by Crippen LogP contribution is -2.47. The van der Waals surface area contributed by atoms with Crippen LogP contribution in [0.5, 0.6) is 0 Å². The summed E-state index contributed by atoms with van der Waals surface area (Å²) in [6.45, 7) is 0.858. The SMILES string of the molecule is O=C1NCCCC[C@H]1N[C@@H]1CCSC1. The molecule has 3 nitrogen and oxygen atoms in total. The summed E-state index contributed by atoms with van der Waals surface area (Å²) < 4.78 is 0. The second-order valence-electron chi connectivity index (χ2n) is 4.07. The van der Waals surface area contributed by atoms with Crippen LogP contribution < -0.4 is 10.6 Å². The molecule has 0 aromatic heterocycles. The zero-order valence-electron chi connectivity index (χ0n) is 8.42. The van der Waals surface area contributed by atoms with Gasteiger partial charge in [-0.2, -0.15) is 11.8 Å². The van der Waals surface area contributed by atoms with E-state index in [4.69, 9.17) is 0 Å². The van der Waals surface area contributed by atoms with Crippen LogP contribution in [0.3, 0.4) is 0 Å². The first-order valence-corrected chi connectivity index (χ1v) is 6.63. The molecule has 80 valence electrons. The highest BCUT2D eigenvalue weighted by molar-refractivity contribution is 7.99. The Morgan fingerprint density at radius 1 is 1.36 bits per heavy atom. The minimum atomic E-state index is 0.0706. The van der Waals surface area contributed by atoms with E-state index in [2.05, 4.69) is 10.6 Å².